The standard InChI is InChI=1S/C16H19NO/c1-2-3-4-5-6-9-13-12-16(18)14-10-7-8-11-15(14)17-13/h6-11H,2-5,12H2,1H3. The largest absolute Gasteiger partial charge is 0.294 e. The summed E-state index contributed by atoms with van der Waals surface area (Å²) in [6.07, 6.45) is 9.35. The molecule has 1 aliphatic rings. The van der Waals surface area contributed by atoms with E-state index < -0.39 is 0 Å². The lowest BCUT2D eigenvalue weighted by molar-refractivity contribution is 0.1000. The molecule has 0 bridgehead atoms. The van der Waals surface area contributed by atoms with Crippen LogP contribution in [0, 0.1) is 0 Å². The lowest BCUT2D eigenvalue weighted by atomic mass is 10.00. The third-order valence-electron chi connectivity index (χ3n) is 3.09. The van der Waals surface area contributed by atoms with Gasteiger partial charge in [0.25, 0.3) is 0 Å². The van der Waals surface area contributed by atoms with E-state index >= 15 is 0 Å². The van der Waals surface area contributed by atoms with Crippen LogP contribution in [0.4, 0.5) is 5.69 Å². The van der Waals surface area contributed by atoms with Crippen LogP contribution in [0.5, 0.6) is 0 Å². The van der Waals surface area contributed by atoms with Crippen LogP contribution in [0.15, 0.2) is 41.4 Å². The molecule has 0 saturated carbocycles. The molecule has 0 amide bonds. The summed E-state index contributed by atoms with van der Waals surface area (Å²) in [5.74, 6) is 0.175. The highest BCUT2D eigenvalue weighted by atomic mass is 16.1. The number of benzene rings is 1. The van der Waals surface area contributed by atoms with E-state index in [0.717, 1.165) is 23.4 Å². The van der Waals surface area contributed by atoms with Crippen LogP contribution in [0.3, 0.4) is 0 Å². The molecule has 1 aromatic carbocycles. The Bertz CT molecular complexity index is 486. The summed E-state index contributed by atoms with van der Waals surface area (Å²) < 4.78 is 0. The van der Waals surface area contributed by atoms with Crippen molar-refractivity contribution in [3.8, 4) is 0 Å². The number of allylic oxidation sites excluding steroid dienone is 2. The molecule has 1 aliphatic heterocycles. The van der Waals surface area contributed by atoms with E-state index in [1.807, 2.05) is 30.3 Å². The monoisotopic (exact) mass is 241 g/mol. The Morgan fingerprint density at radius 2 is 2.11 bits per heavy atom. The minimum Gasteiger partial charge on any atom is -0.294 e. The number of carbonyl (C=O) groups excluding carboxylic acids is 1. The summed E-state index contributed by atoms with van der Waals surface area (Å²) in [7, 11) is 0. The third-order valence-corrected chi connectivity index (χ3v) is 3.09. The van der Waals surface area contributed by atoms with Crippen molar-refractivity contribution in [3.63, 3.8) is 0 Å². The molecule has 2 nitrogen and oxygen atoms in total. The van der Waals surface area contributed by atoms with Gasteiger partial charge in [-0.2, -0.15) is 0 Å². The summed E-state index contributed by atoms with van der Waals surface area (Å²) >= 11 is 0. The SMILES string of the molecule is CCCCCC=CC1=Nc2ccccc2C(=O)C1. The van der Waals surface area contributed by atoms with Gasteiger partial charge >= 0.3 is 0 Å². The Balaban J connectivity index is 2.03. The van der Waals surface area contributed by atoms with Crippen molar-refractivity contribution in [3.05, 3.63) is 42.0 Å². The van der Waals surface area contributed by atoms with Crippen LogP contribution in [0.25, 0.3) is 0 Å². The molecule has 0 saturated heterocycles. The average Bonchev–Trinajstić information content (AvgIpc) is 2.39. The first-order valence-electron chi connectivity index (χ1n) is 6.67. The molecule has 2 heteroatoms. The van der Waals surface area contributed by atoms with E-state index in [2.05, 4.69) is 18.0 Å². The van der Waals surface area contributed by atoms with Crippen LogP contribution in [-0.2, 0) is 0 Å². The van der Waals surface area contributed by atoms with Gasteiger partial charge in [0.15, 0.2) is 5.78 Å². The van der Waals surface area contributed by atoms with Crippen molar-refractivity contribution in [1.82, 2.24) is 0 Å². The van der Waals surface area contributed by atoms with Crippen molar-refractivity contribution in [1.29, 1.82) is 0 Å². The number of hydrogen-bond acceptors (Lipinski definition) is 2. The van der Waals surface area contributed by atoms with Gasteiger partial charge in [-0.15, -0.1) is 0 Å². The number of carbonyl (C=O) groups is 1. The van der Waals surface area contributed by atoms with E-state index in [1.165, 1.54) is 19.3 Å². The first-order valence-corrected chi connectivity index (χ1v) is 6.67. The van der Waals surface area contributed by atoms with Crippen LogP contribution < -0.4 is 0 Å². The van der Waals surface area contributed by atoms with E-state index in [1.54, 1.807) is 0 Å². The molecule has 2 rings (SSSR count). The normalized spacial score (nSPS) is 14.7. The van der Waals surface area contributed by atoms with E-state index in [4.69, 9.17) is 0 Å². The Hall–Kier alpha value is -1.70. The highest BCUT2D eigenvalue weighted by molar-refractivity contribution is 6.18. The van der Waals surface area contributed by atoms with Gasteiger partial charge in [-0.3, -0.25) is 9.79 Å². The van der Waals surface area contributed by atoms with Gasteiger partial charge in [0.05, 0.1) is 12.1 Å². The number of para-hydroxylation sites is 1. The first-order chi connectivity index (χ1) is 8.81. The average molecular weight is 241 g/mol. The minimum absolute atomic E-state index is 0.175. The molecule has 94 valence electrons. The van der Waals surface area contributed by atoms with Crippen LogP contribution in [0.1, 0.15) is 49.4 Å². The van der Waals surface area contributed by atoms with Gasteiger partial charge in [-0.1, -0.05) is 38.0 Å². The van der Waals surface area contributed by atoms with Gasteiger partial charge in [0.2, 0.25) is 0 Å². The number of unbranched alkanes of at least 4 members (excludes halogenated alkanes) is 3. The zero-order valence-corrected chi connectivity index (χ0v) is 10.9. The van der Waals surface area contributed by atoms with Gasteiger partial charge in [0.1, 0.15) is 0 Å². The van der Waals surface area contributed by atoms with Crippen LogP contribution in [-0.4, -0.2) is 11.5 Å². The van der Waals surface area contributed by atoms with Gasteiger partial charge in [-0.05, 0) is 31.1 Å². The predicted molar refractivity (Wildman–Crippen MR) is 75.8 cm³/mol. The molecule has 0 atom stereocenters. The molecule has 0 unspecified atom stereocenters. The van der Waals surface area contributed by atoms with E-state index in [9.17, 15) is 4.79 Å². The Morgan fingerprint density at radius 1 is 1.28 bits per heavy atom. The van der Waals surface area contributed by atoms with Crippen molar-refractivity contribution < 1.29 is 4.79 Å². The number of rotatable bonds is 5. The summed E-state index contributed by atoms with van der Waals surface area (Å²) in [4.78, 5) is 16.4. The number of hydrogen-bond donors (Lipinski definition) is 0. The first kappa shape index (κ1) is 12.7. The third kappa shape index (κ3) is 3.16. The van der Waals surface area contributed by atoms with Gasteiger partial charge in [-0.25, -0.2) is 0 Å². The Morgan fingerprint density at radius 3 is 2.94 bits per heavy atom. The molecule has 18 heavy (non-hydrogen) atoms. The van der Waals surface area contributed by atoms with Crippen molar-refractivity contribution in [2.24, 2.45) is 4.99 Å². The topological polar surface area (TPSA) is 29.4 Å². The maximum Gasteiger partial charge on any atom is 0.170 e. The second-order valence-electron chi connectivity index (χ2n) is 4.62. The predicted octanol–water partition coefficient (Wildman–Crippen LogP) is 4.48. The molecule has 1 aromatic rings. The summed E-state index contributed by atoms with van der Waals surface area (Å²) in [5.41, 5.74) is 2.44. The second kappa shape index (κ2) is 6.29. The molecule has 0 N–H and O–H groups in total. The summed E-state index contributed by atoms with van der Waals surface area (Å²) in [6.45, 7) is 2.20. The van der Waals surface area contributed by atoms with Crippen LogP contribution in [0.2, 0.25) is 0 Å². The highest BCUT2D eigenvalue weighted by Gasteiger charge is 2.17. The highest BCUT2D eigenvalue weighted by Crippen LogP contribution is 2.25. The summed E-state index contributed by atoms with van der Waals surface area (Å²) in [6, 6.07) is 7.56. The van der Waals surface area contributed by atoms with Gasteiger partial charge in [0, 0.05) is 11.3 Å². The fraction of sp³-hybridized carbons (Fsp3) is 0.375. The van der Waals surface area contributed by atoms with E-state index in [-0.39, 0.29) is 5.78 Å². The number of nitrogens with zero attached hydrogens (tertiary/aromatic N) is 1. The van der Waals surface area contributed by atoms with Crippen molar-refractivity contribution in [2.75, 3.05) is 0 Å². The lowest BCUT2D eigenvalue weighted by Gasteiger charge is -2.11. The van der Waals surface area contributed by atoms with E-state index in [0.29, 0.717) is 6.42 Å². The molecule has 0 aromatic heterocycles. The smallest absolute Gasteiger partial charge is 0.170 e. The van der Waals surface area contributed by atoms with Crippen LogP contribution >= 0.6 is 0 Å². The quantitative estimate of drug-likeness (QED) is 0.699. The number of ketones is 1. The fourth-order valence-electron chi connectivity index (χ4n) is 2.09. The number of fused-ring (bicyclic) bond motifs is 1. The zero-order valence-electron chi connectivity index (χ0n) is 10.9. The Kier molecular flexibility index (Phi) is 4.46. The molecule has 0 radical (unpaired) electrons. The zero-order chi connectivity index (χ0) is 12.8. The lowest BCUT2D eigenvalue weighted by Crippen LogP contribution is -2.11. The molecule has 0 fully saturated rings. The number of aliphatic imine (C=N–C) groups is 1. The molecule has 1 heterocycles. The molecule has 0 aliphatic carbocycles. The summed E-state index contributed by atoms with van der Waals surface area (Å²) in [5, 5.41) is 0. The molecular formula is C16H19NO. The maximum atomic E-state index is 11.9. The molecular weight excluding hydrogens is 222 g/mol. The van der Waals surface area contributed by atoms with Crippen molar-refractivity contribution in [2.45, 2.75) is 39.0 Å². The number of Topliss-reactive ketones (excluding diaryl/α,β-unsaturated/α-hetero) is 1. The second-order valence-corrected chi connectivity index (χ2v) is 4.62. The maximum absolute atomic E-state index is 11.9. The molecule has 0 spiro atoms. The van der Waals surface area contributed by atoms with Crippen molar-refractivity contribution >= 4 is 17.2 Å². The minimum atomic E-state index is 0.175. The Labute approximate surface area is 108 Å². The van der Waals surface area contributed by atoms with Gasteiger partial charge < -0.3 is 0 Å². The fourth-order valence-corrected chi connectivity index (χ4v) is 2.09.